The first kappa shape index (κ1) is 14.7. The van der Waals surface area contributed by atoms with E-state index in [1.165, 1.54) is 12.4 Å². The number of aryl methyl sites for hydroxylation is 1. The first-order valence-corrected chi connectivity index (χ1v) is 7.99. The predicted octanol–water partition coefficient (Wildman–Crippen LogP) is 2.39. The van der Waals surface area contributed by atoms with Crippen LogP contribution in [-0.2, 0) is 10.0 Å². The third-order valence-corrected chi connectivity index (χ3v) is 4.42. The summed E-state index contributed by atoms with van der Waals surface area (Å²) in [4.78, 5) is 7.80. The number of halogens is 1. The number of anilines is 2. The lowest BCUT2D eigenvalue weighted by molar-refractivity contribution is 0.600. The number of sulfonamides is 1. The molecule has 0 unspecified atom stereocenters. The fraction of sp³-hybridized carbons (Fsp3) is 0.167. The highest BCUT2D eigenvalue weighted by molar-refractivity contribution is 9.10. The summed E-state index contributed by atoms with van der Waals surface area (Å²) in [5, 5.41) is 2.73. The van der Waals surface area contributed by atoms with Gasteiger partial charge in [0.1, 0.15) is 4.90 Å². The number of hydrogen-bond donors (Lipinski definition) is 2. The van der Waals surface area contributed by atoms with Crippen LogP contribution in [0, 0.1) is 6.92 Å². The van der Waals surface area contributed by atoms with Crippen LogP contribution >= 0.6 is 15.9 Å². The van der Waals surface area contributed by atoms with Gasteiger partial charge in [0, 0.05) is 11.5 Å². The molecule has 106 valence electrons. The number of nitrogens with one attached hydrogen (secondary N) is 2. The molecule has 8 heteroatoms. The molecule has 0 spiro atoms. The Balaban J connectivity index is 2.32. The van der Waals surface area contributed by atoms with Crippen LogP contribution in [0.2, 0.25) is 0 Å². The Morgan fingerprint density at radius 1 is 1.20 bits per heavy atom. The SMILES string of the molecule is CNc1ncc(S(=O)(=O)Nc2cc(Br)ccc2C)cn1. The lowest BCUT2D eigenvalue weighted by Crippen LogP contribution is -2.14. The van der Waals surface area contributed by atoms with Crippen molar-refractivity contribution in [2.45, 2.75) is 11.8 Å². The van der Waals surface area contributed by atoms with E-state index in [1.54, 1.807) is 13.1 Å². The van der Waals surface area contributed by atoms with Crippen LogP contribution < -0.4 is 10.0 Å². The quantitative estimate of drug-likeness (QED) is 0.878. The van der Waals surface area contributed by atoms with Crippen molar-refractivity contribution in [3.05, 3.63) is 40.6 Å². The summed E-state index contributed by atoms with van der Waals surface area (Å²) in [5.74, 6) is 0.364. The van der Waals surface area contributed by atoms with Crippen LogP contribution in [-0.4, -0.2) is 25.4 Å². The maximum Gasteiger partial charge on any atom is 0.264 e. The summed E-state index contributed by atoms with van der Waals surface area (Å²) in [6.07, 6.45) is 2.52. The molecule has 1 heterocycles. The zero-order chi connectivity index (χ0) is 14.8. The van der Waals surface area contributed by atoms with Gasteiger partial charge in [-0.1, -0.05) is 22.0 Å². The molecule has 0 aliphatic heterocycles. The lowest BCUT2D eigenvalue weighted by atomic mass is 10.2. The number of hydrogen-bond acceptors (Lipinski definition) is 5. The van der Waals surface area contributed by atoms with Crippen molar-refractivity contribution < 1.29 is 8.42 Å². The topological polar surface area (TPSA) is 84.0 Å². The first-order chi connectivity index (χ1) is 9.42. The van der Waals surface area contributed by atoms with E-state index in [4.69, 9.17) is 0 Å². The van der Waals surface area contributed by atoms with E-state index >= 15 is 0 Å². The second-order valence-corrected chi connectivity index (χ2v) is 6.66. The van der Waals surface area contributed by atoms with Gasteiger partial charge in [0.05, 0.1) is 18.1 Å². The second-order valence-electron chi connectivity index (χ2n) is 4.06. The third kappa shape index (κ3) is 3.26. The maximum atomic E-state index is 12.2. The van der Waals surface area contributed by atoms with Gasteiger partial charge in [0.25, 0.3) is 10.0 Å². The normalized spacial score (nSPS) is 11.2. The summed E-state index contributed by atoms with van der Waals surface area (Å²) < 4.78 is 27.8. The van der Waals surface area contributed by atoms with Crippen molar-refractivity contribution in [2.24, 2.45) is 0 Å². The van der Waals surface area contributed by atoms with E-state index in [0.29, 0.717) is 11.6 Å². The molecule has 0 saturated carbocycles. The molecule has 0 aliphatic rings. The van der Waals surface area contributed by atoms with Gasteiger partial charge in [-0.25, -0.2) is 18.4 Å². The summed E-state index contributed by atoms with van der Waals surface area (Å²) in [6, 6.07) is 5.37. The van der Waals surface area contributed by atoms with Gasteiger partial charge in [-0.05, 0) is 24.6 Å². The molecular formula is C12H13BrN4O2S. The average Bonchev–Trinajstić information content (AvgIpc) is 2.43. The van der Waals surface area contributed by atoms with Crippen LogP contribution in [0.15, 0.2) is 40.0 Å². The number of rotatable bonds is 4. The third-order valence-electron chi connectivity index (χ3n) is 2.61. The zero-order valence-corrected chi connectivity index (χ0v) is 13.3. The monoisotopic (exact) mass is 356 g/mol. The fourth-order valence-electron chi connectivity index (χ4n) is 1.49. The van der Waals surface area contributed by atoms with Crippen LogP contribution in [0.25, 0.3) is 0 Å². The van der Waals surface area contributed by atoms with E-state index in [0.717, 1.165) is 10.0 Å². The van der Waals surface area contributed by atoms with E-state index < -0.39 is 10.0 Å². The van der Waals surface area contributed by atoms with Crippen molar-refractivity contribution in [1.82, 2.24) is 9.97 Å². The van der Waals surface area contributed by atoms with E-state index in [2.05, 4.69) is 35.9 Å². The highest BCUT2D eigenvalue weighted by Gasteiger charge is 2.16. The smallest absolute Gasteiger partial charge is 0.264 e. The van der Waals surface area contributed by atoms with Crippen molar-refractivity contribution in [3.63, 3.8) is 0 Å². The second kappa shape index (κ2) is 5.76. The van der Waals surface area contributed by atoms with Crippen LogP contribution in [0.3, 0.4) is 0 Å². The zero-order valence-electron chi connectivity index (χ0n) is 10.9. The number of benzene rings is 1. The minimum Gasteiger partial charge on any atom is -0.357 e. The van der Waals surface area contributed by atoms with Crippen molar-refractivity contribution in [1.29, 1.82) is 0 Å². The van der Waals surface area contributed by atoms with E-state index in [9.17, 15) is 8.42 Å². The molecule has 0 bridgehead atoms. The van der Waals surface area contributed by atoms with Gasteiger partial charge in [-0.15, -0.1) is 0 Å². The van der Waals surface area contributed by atoms with Gasteiger partial charge >= 0.3 is 0 Å². The van der Waals surface area contributed by atoms with Gasteiger partial charge in [0.2, 0.25) is 5.95 Å². The Bertz CT molecular complexity index is 717. The Morgan fingerprint density at radius 3 is 2.45 bits per heavy atom. The Kier molecular flexibility index (Phi) is 4.24. The highest BCUT2D eigenvalue weighted by atomic mass is 79.9. The molecule has 1 aromatic carbocycles. The molecule has 0 fully saturated rings. The van der Waals surface area contributed by atoms with Crippen LogP contribution in [0.1, 0.15) is 5.56 Å². The Labute approximate surface area is 125 Å². The molecule has 0 amide bonds. The highest BCUT2D eigenvalue weighted by Crippen LogP contribution is 2.23. The molecule has 20 heavy (non-hydrogen) atoms. The Morgan fingerprint density at radius 2 is 1.85 bits per heavy atom. The van der Waals surface area contributed by atoms with Gasteiger partial charge in [-0.3, -0.25) is 4.72 Å². The number of nitrogens with zero attached hydrogens (tertiary/aromatic N) is 2. The molecule has 1 aromatic heterocycles. The molecule has 2 N–H and O–H groups in total. The molecule has 2 aromatic rings. The molecule has 0 saturated heterocycles. The molecule has 6 nitrogen and oxygen atoms in total. The van der Waals surface area contributed by atoms with E-state index in [1.807, 2.05) is 19.1 Å². The van der Waals surface area contributed by atoms with Crippen LogP contribution in [0.5, 0.6) is 0 Å². The average molecular weight is 357 g/mol. The minimum absolute atomic E-state index is 0.0101. The van der Waals surface area contributed by atoms with Crippen molar-refractivity contribution >= 4 is 37.6 Å². The van der Waals surface area contributed by atoms with Gasteiger partial charge < -0.3 is 5.32 Å². The van der Waals surface area contributed by atoms with Crippen molar-refractivity contribution in [3.8, 4) is 0 Å². The van der Waals surface area contributed by atoms with Crippen LogP contribution in [0.4, 0.5) is 11.6 Å². The molecule has 0 atom stereocenters. The van der Waals surface area contributed by atoms with Gasteiger partial charge in [-0.2, -0.15) is 0 Å². The van der Waals surface area contributed by atoms with Crippen molar-refractivity contribution in [2.75, 3.05) is 17.1 Å². The lowest BCUT2D eigenvalue weighted by Gasteiger charge is -2.10. The molecule has 0 radical (unpaired) electrons. The summed E-state index contributed by atoms with van der Waals surface area (Å²) in [5.41, 5.74) is 1.33. The number of aromatic nitrogens is 2. The first-order valence-electron chi connectivity index (χ1n) is 5.71. The molecule has 2 rings (SSSR count). The maximum absolute atomic E-state index is 12.2. The summed E-state index contributed by atoms with van der Waals surface area (Å²) in [7, 11) is -2.04. The largest absolute Gasteiger partial charge is 0.357 e. The molecule has 0 aliphatic carbocycles. The predicted molar refractivity (Wildman–Crippen MR) is 81.3 cm³/mol. The fourth-order valence-corrected chi connectivity index (χ4v) is 2.86. The Hall–Kier alpha value is -1.67. The minimum atomic E-state index is -3.70. The van der Waals surface area contributed by atoms with E-state index in [-0.39, 0.29) is 4.90 Å². The van der Waals surface area contributed by atoms with Gasteiger partial charge in [0.15, 0.2) is 0 Å². The summed E-state index contributed by atoms with van der Waals surface area (Å²) in [6.45, 7) is 1.82. The molecular weight excluding hydrogens is 344 g/mol. The standard InChI is InChI=1S/C12H13BrN4O2S/c1-8-3-4-9(13)5-11(8)17-20(18,19)10-6-15-12(14-2)16-7-10/h3-7,17H,1-2H3,(H,14,15,16). The summed E-state index contributed by atoms with van der Waals surface area (Å²) >= 11 is 3.31.